The number of ketones is 1. The lowest BCUT2D eigenvalue weighted by molar-refractivity contribution is -0.384. The summed E-state index contributed by atoms with van der Waals surface area (Å²) in [6.07, 6.45) is 0. The highest BCUT2D eigenvalue weighted by Crippen LogP contribution is 2.45. The van der Waals surface area contributed by atoms with Crippen LogP contribution in [0.1, 0.15) is 35.2 Å². The maximum absolute atomic E-state index is 13.5. The number of amides is 1. The van der Waals surface area contributed by atoms with E-state index in [2.05, 4.69) is 4.98 Å². The van der Waals surface area contributed by atoms with Crippen molar-refractivity contribution in [1.29, 1.82) is 0 Å². The van der Waals surface area contributed by atoms with E-state index in [1.54, 1.807) is 30.3 Å². The molecule has 2 heterocycles. The number of Topliss-reactive ketones (excluding diaryl/α,β-unsaturated/α-hetero) is 1. The van der Waals surface area contributed by atoms with Gasteiger partial charge in [0.05, 0.1) is 33.4 Å². The second-order valence-electron chi connectivity index (χ2n) is 8.90. The molecule has 192 valence electrons. The minimum Gasteiger partial charge on any atom is -0.507 e. The largest absolute Gasteiger partial charge is 0.507 e. The van der Waals surface area contributed by atoms with Gasteiger partial charge in [-0.2, -0.15) is 0 Å². The molecule has 0 spiro atoms. The van der Waals surface area contributed by atoms with Crippen molar-refractivity contribution < 1.29 is 24.4 Å². The van der Waals surface area contributed by atoms with Crippen LogP contribution in [0.2, 0.25) is 0 Å². The summed E-state index contributed by atoms with van der Waals surface area (Å²) in [5, 5.41) is 23.1. The summed E-state index contributed by atoms with van der Waals surface area (Å²) in [6.45, 7) is 6.18. The molecule has 5 rings (SSSR count). The maximum Gasteiger partial charge on any atom is 0.301 e. The second kappa shape index (κ2) is 9.71. The number of nitrogens with zero attached hydrogens (tertiary/aromatic N) is 3. The highest BCUT2D eigenvalue weighted by Gasteiger charge is 2.48. The number of non-ortho nitro benzene ring substituents is 1. The van der Waals surface area contributed by atoms with Crippen LogP contribution in [-0.4, -0.2) is 33.3 Å². The fourth-order valence-corrected chi connectivity index (χ4v) is 5.82. The Kier molecular flexibility index (Phi) is 6.41. The normalized spacial score (nSPS) is 16.8. The molecular weight excluding hydrogens is 506 g/mol. The number of benzene rings is 3. The topological polar surface area (TPSA) is 123 Å². The first kappa shape index (κ1) is 25.1. The number of nitro benzene ring substituents is 1. The zero-order valence-corrected chi connectivity index (χ0v) is 21.6. The number of aromatic nitrogens is 1. The van der Waals surface area contributed by atoms with Crippen molar-refractivity contribution in [2.24, 2.45) is 0 Å². The molecular formula is C28H23N3O6S. The summed E-state index contributed by atoms with van der Waals surface area (Å²) >= 11 is 1.24. The third-order valence-electron chi connectivity index (χ3n) is 6.30. The molecule has 9 nitrogen and oxygen atoms in total. The number of hydrogen-bond donors (Lipinski definition) is 1. The van der Waals surface area contributed by atoms with E-state index < -0.39 is 28.4 Å². The van der Waals surface area contributed by atoms with Crippen molar-refractivity contribution in [3.05, 3.63) is 98.6 Å². The lowest BCUT2D eigenvalue weighted by Gasteiger charge is -2.22. The summed E-state index contributed by atoms with van der Waals surface area (Å²) in [6, 6.07) is 15.0. The van der Waals surface area contributed by atoms with Crippen LogP contribution in [0.25, 0.3) is 16.0 Å². The standard InChI is InChI=1S/C28H23N3O6S/c1-4-37-20-10-8-17(9-11-20)25(32)22-24(18-6-5-7-19(14-18)31(35)36)30(27(34)26(22)33)28-29-23-16(3)12-15(2)13-21(23)38-28/h5-14,24,32H,4H2,1-3H3/b25-22+. The first-order valence-corrected chi connectivity index (χ1v) is 12.7. The van der Waals surface area contributed by atoms with Crippen LogP contribution >= 0.6 is 11.3 Å². The van der Waals surface area contributed by atoms with E-state index in [0.29, 0.717) is 29.0 Å². The summed E-state index contributed by atoms with van der Waals surface area (Å²) in [5.41, 5.74) is 2.87. The zero-order chi connectivity index (χ0) is 27.1. The van der Waals surface area contributed by atoms with Gasteiger partial charge in [-0.1, -0.05) is 29.5 Å². The number of carbonyl (C=O) groups is 2. The highest BCUT2D eigenvalue weighted by atomic mass is 32.1. The van der Waals surface area contributed by atoms with Crippen molar-refractivity contribution >= 4 is 49.8 Å². The Morgan fingerprint density at radius 3 is 2.55 bits per heavy atom. The van der Waals surface area contributed by atoms with Gasteiger partial charge < -0.3 is 9.84 Å². The minimum atomic E-state index is -1.12. The van der Waals surface area contributed by atoms with Crippen LogP contribution in [-0.2, 0) is 9.59 Å². The summed E-state index contributed by atoms with van der Waals surface area (Å²) in [4.78, 5) is 43.8. The van der Waals surface area contributed by atoms with Crippen LogP contribution in [0.3, 0.4) is 0 Å². The van der Waals surface area contributed by atoms with Gasteiger partial charge >= 0.3 is 5.91 Å². The zero-order valence-electron chi connectivity index (χ0n) is 20.8. The molecule has 4 aromatic rings. The number of hydrogen-bond acceptors (Lipinski definition) is 8. The molecule has 1 saturated heterocycles. The molecule has 1 aliphatic rings. The molecule has 1 amide bonds. The van der Waals surface area contributed by atoms with E-state index >= 15 is 0 Å². The third-order valence-corrected chi connectivity index (χ3v) is 7.31. The van der Waals surface area contributed by atoms with Crippen molar-refractivity contribution in [2.75, 3.05) is 11.5 Å². The lowest BCUT2D eigenvalue weighted by atomic mass is 9.95. The SMILES string of the molecule is CCOc1ccc(/C(O)=C2\C(=O)C(=O)N(c3nc4c(C)cc(C)cc4s3)C2c2cccc([N+](=O)[O-])c2)cc1. The predicted molar refractivity (Wildman–Crippen MR) is 145 cm³/mol. The van der Waals surface area contributed by atoms with Gasteiger partial charge in [-0.3, -0.25) is 24.6 Å². The molecule has 3 aromatic carbocycles. The van der Waals surface area contributed by atoms with Gasteiger partial charge in [0, 0.05) is 17.7 Å². The lowest BCUT2D eigenvalue weighted by Crippen LogP contribution is -2.29. The van der Waals surface area contributed by atoms with E-state index in [9.17, 15) is 24.8 Å². The fourth-order valence-electron chi connectivity index (χ4n) is 4.65. The van der Waals surface area contributed by atoms with E-state index in [-0.39, 0.29) is 16.4 Å². The number of ether oxygens (including phenoxy) is 1. The smallest absolute Gasteiger partial charge is 0.301 e. The first-order chi connectivity index (χ1) is 18.2. The van der Waals surface area contributed by atoms with Gasteiger partial charge in [-0.25, -0.2) is 4.98 Å². The summed E-state index contributed by atoms with van der Waals surface area (Å²) < 4.78 is 6.29. The number of aryl methyl sites for hydroxylation is 2. The monoisotopic (exact) mass is 529 g/mol. The number of fused-ring (bicyclic) bond motifs is 1. The van der Waals surface area contributed by atoms with E-state index in [4.69, 9.17) is 4.74 Å². The molecule has 1 N–H and O–H groups in total. The highest BCUT2D eigenvalue weighted by molar-refractivity contribution is 7.22. The molecule has 10 heteroatoms. The van der Waals surface area contributed by atoms with Gasteiger partial charge in [-0.05, 0) is 67.8 Å². The van der Waals surface area contributed by atoms with Gasteiger partial charge in [0.2, 0.25) is 0 Å². The van der Waals surface area contributed by atoms with E-state index in [0.717, 1.165) is 15.8 Å². The average molecular weight is 530 g/mol. The number of thiazole rings is 1. The average Bonchev–Trinajstić information content (AvgIpc) is 3.43. The van der Waals surface area contributed by atoms with Crippen LogP contribution in [0.15, 0.2) is 66.2 Å². The molecule has 1 fully saturated rings. The number of rotatable bonds is 6. The Morgan fingerprint density at radius 2 is 1.87 bits per heavy atom. The predicted octanol–water partition coefficient (Wildman–Crippen LogP) is 5.85. The van der Waals surface area contributed by atoms with Crippen molar-refractivity contribution in [2.45, 2.75) is 26.8 Å². The number of anilines is 1. The molecule has 1 unspecified atom stereocenters. The molecule has 1 aliphatic heterocycles. The number of nitro groups is 1. The molecule has 1 aromatic heterocycles. The van der Waals surface area contributed by atoms with Gasteiger partial charge in [0.25, 0.3) is 11.5 Å². The molecule has 0 saturated carbocycles. The van der Waals surface area contributed by atoms with Gasteiger partial charge in [-0.15, -0.1) is 0 Å². The van der Waals surface area contributed by atoms with Crippen LogP contribution in [0.4, 0.5) is 10.8 Å². The number of carbonyl (C=O) groups excluding carboxylic acids is 2. The molecule has 0 bridgehead atoms. The van der Waals surface area contributed by atoms with Crippen molar-refractivity contribution in [3.63, 3.8) is 0 Å². The summed E-state index contributed by atoms with van der Waals surface area (Å²) in [5.74, 6) is -1.58. The number of aliphatic hydroxyl groups excluding tert-OH is 1. The van der Waals surface area contributed by atoms with Gasteiger partial charge in [0.1, 0.15) is 11.5 Å². The molecule has 1 atom stereocenters. The molecule has 0 radical (unpaired) electrons. The molecule has 38 heavy (non-hydrogen) atoms. The first-order valence-electron chi connectivity index (χ1n) is 11.9. The Bertz CT molecular complexity index is 1640. The number of aliphatic hydroxyl groups is 1. The van der Waals surface area contributed by atoms with Crippen molar-refractivity contribution in [1.82, 2.24) is 4.98 Å². The minimum absolute atomic E-state index is 0.174. The Balaban J connectivity index is 1.72. The van der Waals surface area contributed by atoms with Crippen LogP contribution < -0.4 is 9.64 Å². The quantitative estimate of drug-likeness (QED) is 0.109. The van der Waals surface area contributed by atoms with E-state index in [1.165, 1.54) is 34.4 Å². The second-order valence-corrected chi connectivity index (χ2v) is 9.91. The molecule has 0 aliphatic carbocycles. The van der Waals surface area contributed by atoms with Crippen LogP contribution in [0.5, 0.6) is 5.75 Å². The van der Waals surface area contributed by atoms with E-state index in [1.807, 2.05) is 32.9 Å². The van der Waals surface area contributed by atoms with Crippen molar-refractivity contribution in [3.8, 4) is 5.75 Å². The Hall–Kier alpha value is -4.57. The van der Waals surface area contributed by atoms with Gasteiger partial charge in [0.15, 0.2) is 5.13 Å². The Morgan fingerprint density at radius 1 is 1.13 bits per heavy atom. The summed E-state index contributed by atoms with van der Waals surface area (Å²) in [7, 11) is 0. The maximum atomic E-state index is 13.5. The Labute approximate surface area is 221 Å². The fraction of sp³-hybridized carbons (Fsp3) is 0.179. The van der Waals surface area contributed by atoms with Crippen LogP contribution in [0, 0.1) is 24.0 Å². The third kappa shape index (κ3) is 4.28.